The fraction of sp³-hybridized carbons (Fsp3) is 0.417. The molecule has 0 radical (unpaired) electrons. The van der Waals surface area contributed by atoms with Crippen molar-refractivity contribution in [3.05, 3.63) is 17.3 Å². The fourth-order valence-electron chi connectivity index (χ4n) is 1.55. The van der Waals surface area contributed by atoms with Crippen LogP contribution in [0.1, 0.15) is 31.1 Å². The molecule has 2 rings (SSSR count). The molecule has 0 saturated carbocycles. The highest BCUT2D eigenvalue weighted by molar-refractivity contribution is 7.18. The first-order chi connectivity index (χ1) is 8.42. The standard InChI is InChI=1S/C12H15N3O2S/c1-12(2,3)15-10-9-8(13-6-14-10)7(5-18-9)11(16)17-4/h5-6H,1-4H3,(H,13,14,15). The molecule has 0 fully saturated rings. The second kappa shape index (κ2) is 4.53. The summed E-state index contributed by atoms with van der Waals surface area (Å²) in [6.45, 7) is 6.15. The maximum atomic E-state index is 11.6. The van der Waals surface area contributed by atoms with Crippen molar-refractivity contribution in [3.8, 4) is 0 Å². The lowest BCUT2D eigenvalue weighted by atomic mass is 10.1. The van der Waals surface area contributed by atoms with E-state index in [0.29, 0.717) is 11.1 Å². The molecule has 2 aromatic heterocycles. The van der Waals surface area contributed by atoms with Crippen molar-refractivity contribution in [2.24, 2.45) is 0 Å². The predicted octanol–water partition coefficient (Wildman–Crippen LogP) is 2.69. The average molecular weight is 265 g/mol. The van der Waals surface area contributed by atoms with E-state index in [9.17, 15) is 4.79 Å². The lowest BCUT2D eigenvalue weighted by Gasteiger charge is -2.21. The molecule has 0 unspecified atom stereocenters. The smallest absolute Gasteiger partial charge is 0.340 e. The molecule has 0 saturated heterocycles. The number of thiophene rings is 1. The summed E-state index contributed by atoms with van der Waals surface area (Å²) < 4.78 is 5.60. The van der Waals surface area contributed by atoms with Crippen molar-refractivity contribution >= 4 is 33.3 Å². The van der Waals surface area contributed by atoms with E-state index < -0.39 is 0 Å². The molecule has 18 heavy (non-hydrogen) atoms. The Morgan fingerprint density at radius 2 is 2.11 bits per heavy atom. The Morgan fingerprint density at radius 1 is 1.39 bits per heavy atom. The molecule has 0 atom stereocenters. The number of nitrogens with one attached hydrogen (secondary N) is 1. The third-order valence-electron chi connectivity index (χ3n) is 2.25. The van der Waals surface area contributed by atoms with Crippen LogP contribution in [0.15, 0.2) is 11.7 Å². The molecule has 0 aromatic carbocycles. The van der Waals surface area contributed by atoms with Crippen LogP contribution in [-0.4, -0.2) is 28.6 Å². The number of methoxy groups -OCH3 is 1. The summed E-state index contributed by atoms with van der Waals surface area (Å²) in [4.78, 5) is 20.0. The fourth-order valence-corrected chi connectivity index (χ4v) is 2.48. The van der Waals surface area contributed by atoms with E-state index in [4.69, 9.17) is 4.74 Å². The van der Waals surface area contributed by atoms with Gasteiger partial charge in [0.1, 0.15) is 17.7 Å². The largest absolute Gasteiger partial charge is 0.465 e. The molecule has 0 spiro atoms. The molecule has 1 N–H and O–H groups in total. The van der Waals surface area contributed by atoms with Gasteiger partial charge in [-0.05, 0) is 20.8 Å². The molecule has 2 aromatic rings. The van der Waals surface area contributed by atoms with E-state index in [1.165, 1.54) is 24.8 Å². The third kappa shape index (κ3) is 2.43. The van der Waals surface area contributed by atoms with Crippen molar-refractivity contribution in [1.82, 2.24) is 9.97 Å². The summed E-state index contributed by atoms with van der Waals surface area (Å²) in [5, 5.41) is 5.05. The monoisotopic (exact) mass is 265 g/mol. The van der Waals surface area contributed by atoms with Crippen LogP contribution in [0.25, 0.3) is 10.2 Å². The number of esters is 1. The Bertz CT molecular complexity index is 587. The second-order valence-electron chi connectivity index (χ2n) is 4.92. The van der Waals surface area contributed by atoms with Gasteiger partial charge >= 0.3 is 5.97 Å². The van der Waals surface area contributed by atoms with E-state index in [2.05, 4.69) is 36.1 Å². The molecule has 0 aliphatic rings. The molecule has 5 nitrogen and oxygen atoms in total. The zero-order valence-electron chi connectivity index (χ0n) is 10.8. The Balaban J connectivity index is 2.52. The normalized spacial score (nSPS) is 11.6. The molecular formula is C12H15N3O2S. The van der Waals surface area contributed by atoms with E-state index in [-0.39, 0.29) is 11.5 Å². The third-order valence-corrected chi connectivity index (χ3v) is 3.23. The molecule has 0 bridgehead atoms. The van der Waals surface area contributed by atoms with Gasteiger partial charge in [-0.1, -0.05) is 0 Å². The highest BCUT2D eigenvalue weighted by Crippen LogP contribution is 2.30. The van der Waals surface area contributed by atoms with E-state index >= 15 is 0 Å². The van der Waals surface area contributed by atoms with Crippen molar-refractivity contribution in [3.63, 3.8) is 0 Å². The highest BCUT2D eigenvalue weighted by Gasteiger charge is 2.19. The van der Waals surface area contributed by atoms with E-state index in [1.54, 1.807) is 5.38 Å². The number of rotatable bonds is 2. The SMILES string of the molecule is COC(=O)c1csc2c(NC(C)(C)C)ncnc12. The van der Waals surface area contributed by atoms with Gasteiger partial charge in [-0.25, -0.2) is 14.8 Å². The van der Waals surface area contributed by atoms with Crippen molar-refractivity contribution in [2.45, 2.75) is 26.3 Å². The Hall–Kier alpha value is -1.69. The first-order valence-electron chi connectivity index (χ1n) is 5.51. The molecule has 0 amide bonds. The van der Waals surface area contributed by atoms with Crippen LogP contribution < -0.4 is 5.32 Å². The summed E-state index contributed by atoms with van der Waals surface area (Å²) >= 11 is 1.44. The van der Waals surface area contributed by atoms with Gasteiger partial charge in [-0.3, -0.25) is 0 Å². The van der Waals surface area contributed by atoms with Crippen molar-refractivity contribution in [1.29, 1.82) is 0 Å². The summed E-state index contributed by atoms with van der Waals surface area (Å²) in [7, 11) is 1.36. The minimum Gasteiger partial charge on any atom is -0.465 e. The maximum Gasteiger partial charge on any atom is 0.340 e. The molecule has 2 heterocycles. The summed E-state index contributed by atoms with van der Waals surface area (Å²) in [5.74, 6) is 0.370. The quantitative estimate of drug-likeness (QED) is 0.846. The number of aromatic nitrogens is 2. The number of hydrogen-bond donors (Lipinski definition) is 1. The number of fused-ring (bicyclic) bond motifs is 1. The maximum absolute atomic E-state index is 11.6. The number of carbonyl (C=O) groups excluding carboxylic acids is 1. The molecule has 0 aliphatic heterocycles. The van der Waals surface area contributed by atoms with Gasteiger partial charge in [0, 0.05) is 10.9 Å². The average Bonchev–Trinajstić information content (AvgIpc) is 2.71. The highest BCUT2D eigenvalue weighted by atomic mass is 32.1. The number of ether oxygens (including phenoxy) is 1. The van der Waals surface area contributed by atoms with Crippen LogP contribution in [0.3, 0.4) is 0 Å². The van der Waals surface area contributed by atoms with Gasteiger partial charge in [0.25, 0.3) is 0 Å². The lowest BCUT2D eigenvalue weighted by Crippen LogP contribution is -2.26. The predicted molar refractivity (Wildman–Crippen MR) is 72.1 cm³/mol. The molecule has 0 aliphatic carbocycles. The van der Waals surface area contributed by atoms with Crippen LogP contribution in [0, 0.1) is 0 Å². The minimum absolute atomic E-state index is 0.100. The van der Waals surface area contributed by atoms with Gasteiger partial charge in [0.15, 0.2) is 0 Å². The first-order valence-corrected chi connectivity index (χ1v) is 6.39. The van der Waals surface area contributed by atoms with Crippen LogP contribution in [0.5, 0.6) is 0 Å². The summed E-state index contributed by atoms with van der Waals surface area (Å²) in [5.41, 5.74) is 1.02. The lowest BCUT2D eigenvalue weighted by molar-refractivity contribution is 0.0603. The minimum atomic E-state index is -0.373. The van der Waals surface area contributed by atoms with Crippen molar-refractivity contribution in [2.75, 3.05) is 12.4 Å². The van der Waals surface area contributed by atoms with Gasteiger partial charge in [0.2, 0.25) is 0 Å². The number of hydrogen-bond acceptors (Lipinski definition) is 6. The molecular weight excluding hydrogens is 250 g/mol. The number of nitrogens with zero attached hydrogens (tertiary/aromatic N) is 2. The zero-order chi connectivity index (χ0) is 13.3. The van der Waals surface area contributed by atoms with Gasteiger partial charge in [-0.15, -0.1) is 11.3 Å². The van der Waals surface area contributed by atoms with Gasteiger partial charge in [0.05, 0.1) is 17.4 Å². The zero-order valence-corrected chi connectivity index (χ0v) is 11.6. The number of anilines is 1. The van der Waals surface area contributed by atoms with Crippen LogP contribution in [-0.2, 0) is 4.74 Å². The van der Waals surface area contributed by atoms with Gasteiger partial charge in [-0.2, -0.15) is 0 Å². The number of carbonyl (C=O) groups is 1. The van der Waals surface area contributed by atoms with Gasteiger partial charge < -0.3 is 10.1 Å². The Kier molecular flexibility index (Phi) is 3.21. The Labute approximate surface area is 109 Å². The summed E-state index contributed by atoms with van der Waals surface area (Å²) in [6.07, 6.45) is 1.45. The van der Waals surface area contributed by atoms with E-state index in [0.717, 1.165) is 10.5 Å². The summed E-state index contributed by atoms with van der Waals surface area (Å²) in [6, 6.07) is 0. The second-order valence-corrected chi connectivity index (χ2v) is 5.80. The first kappa shape index (κ1) is 12.8. The topological polar surface area (TPSA) is 64.1 Å². The van der Waals surface area contributed by atoms with E-state index in [1.807, 2.05) is 0 Å². The Morgan fingerprint density at radius 3 is 2.72 bits per heavy atom. The van der Waals surface area contributed by atoms with Crippen LogP contribution in [0.2, 0.25) is 0 Å². The van der Waals surface area contributed by atoms with Crippen LogP contribution >= 0.6 is 11.3 Å². The molecule has 96 valence electrons. The van der Waals surface area contributed by atoms with Crippen molar-refractivity contribution < 1.29 is 9.53 Å². The molecule has 6 heteroatoms. The van der Waals surface area contributed by atoms with Crippen LogP contribution in [0.4, 0.5) is 5.82 Å².